The highest BCUT2D eigenvalue weighted by Crippen LogP contribution is 2.21. The number of anilines is 1. The number of benzene rings is 1. The summed E-state index contributed by atoms with van der Waals surface area (Å²) in [5.74, 6) is 7.51. The van der Waals surface area contributed by atoms with Gasteiger partial charge in [0.25, 0.3) is 5.52 Å². The van der Waals surface area contributed by atoms with E-state index in [0.29, 0.717) is 5.95 Å². The van der Waals surface area contributed by atoms with E-state index in [4.69, 9.17) is 10.6 Å². The molecule has 3 N–H and O–H groups in total. The Morgan fingerprint density at radius 1 is 1.39 bits per heavy atom. The van der Waals surface area contributed by atoms with Gasteiger partial charge >= 0.3 is 5.95 Å². The Labute approximate surface area is 106 Å². The molecule has 0 radical (unpaired) electrons. The first-order chi connectivity index (χ1) is 8.58. The van der Waals surface area contributed by atoms with Crippen LogP contribution in [0.1, 0.15) is 12.5 Å². The molecule has 0 aliphatic carbocycles. The Morgan fingerprint density at radius 2 is 2.11 bits per heavy atom. The number of nitrogens with one attached hydrogen (secondary N) is 1. The van der Waals surface area contributed by atoms with Crippen molar-refractivity contribution >= 4 is 17.0 Å². The van der Waals surface area contributed by atoms with Crippen molar-refractivity contribution in [2.24, 2.45) is 7.05 Å². The second-order valence-corrected chi connectivity index (χ2v) is 4.16. The second-order valence-electron chi connectivity index (χ2n) is 4.16. The Hall–Kier alpha value is -2.11. The van der Waals surface area contributed by atoms with Crippen molar-refractivity contribution in [1.29, 1.82) is 0 Å². The normalized spacial score (nSPS) is 10.7. The number of hydrogen-bond acceptors (Lipinski definition) is 4. The molecule has 2 rings (SSSR count). The number of methoxy groups -OCH3 is 1. The zero-order valence-electron chi connectivity index (χ0n) is 11.2. The predicted molar refractivity (Wildman–Crippen MR) is 68.7 cm³/mol. The summed E-state index contributed by atoms with van der Waals surface area (Å²) in [6.45, 7) is 4.76. The minimum Gasteiger partial charge on any atom is -0.496 e. The molecule has 0 spiro atoms. The molecule has 0 saturated heterocycles. The zero-order valence-corrected chi connectivity index (χ0v) is 11.2. The van der Waals surface area contributed by atoms with Crippen LogP contribution in [0.3, 0.4) is 0 Å². The molecule has 1 aromatic carbocycles. The van der Waals surface area contributed by atoms with Gasteiger partial charge in [0.1, 0.15) is 5.75 Å². The summed E-state index contributed by atoms with van der Waals surface area (Å²) >= 11 is 0. The van der Waals surface area contributed by atoms with Gasteiger partial charge < -0.3 is 4.74 Å². The average molecular weight is 249 g/mol. The lowest BCUT2D eigenvalue weighted by molar-refractivity contribution is -0.727. The number of rotatable bonds is 3. The van der Waals surface area contributed by atoms with E-state index >= 15 is 0 Å². The number of nitrogens with two attached hydrogens (primary N) is 1. The van der Waals surface area contributed by atoms with E-state index in [2.05, 4.69) is 10.4 Å². The highest BCUT2D eigenvalue weighted by Gasteiger charge is 2.23. The highest BCUT2D eigenvalue weighted by atomic mass is 16.5. The minimum atomic E-state index is 0.624. The number of fused-ring (bicyclic) bond motifs is 1. The molecule has 2 aromatic rings. The molecule has 18 heavy (non-hydrogen) atoms. The fourth-order valence-corrected chi connectivity index (χ4v) is 1.97. The van der Waals surface area contributed by atoms with Crippen LogP contribution in [0.2, 0.25) is 0 Å². The molecule has 6 nitrogen and oxygen atoms in total. The third-order valence-electron chi connectivity index (χ3n) is 2.91. The molecule has 1 heterocycles. The number of nitrogens with zero attached hydrogens (tertiary/aromatic N) is 3. The van der Waals surface area contributed by atoms with Crippen LogP contribution in [0.25, 0.3) is 11.0 Å². The van der Waals surface area contributed by atoms with Crippen molar-refractivity contribution in [3.63, 3.8) is 0 Å². The quantitative estimate of drug-likeness (QED) is 0.584. The van der Waals surface area contributed by atoms with E-state index in [1.54, 1.807) is 11.8 Å². The van der Waals surface area contributed by atoms with Gasteiger partial charge in [-0.1, -0.05) is 0 Å². The summed E-state index contributed by atoms with van der Waals surface area (Å²) in [5.41, 5.74) is 2.88. The SMILES string of the molecule is CCNc1n[n+](C)c2cc(C)c(OC)cc2[n+]1N. The first-order valence-corrected chi connectivity index (χ1v) is 5.88. The van der Waals surface area contributed by atoms with E-state index in [1.165, 1.54) is 0 Å². The largest absolute Gasteiger partial charge is 0.496 e. The summed E-state index contributed by atoms with van der Waals surface area (Å²) in [5, 5.41) is 7.52. The lowest BCUT2D eigenvalue weighted by atomic mass is 10.2. The van der Waals surface area contributed by atoms with Gasteiger partial charge in [0.2, 0.25) is 5.52 Å². The van der Waals surface area contributed by atoms with E-state index in [9.17, 15) is 0 Å². The van der Waals surface area contributed by atoms with Crippen LogP contribution in [0.15, 0.2) is 12.1 Å². The van der Waals surface area contributed by atoms with Gasteiger partial charge in [-0.2, -0.15) is 0 Å². The summed E-state index contributed by atoms with van der Waals surface area (Å²) in [4.78, 5) is 0. The van der Waals surface area contributed by atoms with Crippen molar-refractivity contribution in [2.75, 3.05) is 24.8 Å². The fourth-order valence-electron chi connectivity index (χ4n) is 1.97. The van der Waals surface area contributed by atoms with Crippen molar-refractivity contribution in [1.82, 2.24) is 5.10 Å². The van der Waals surface area contributed by atoms with Gasteiger partial charge in [-0.25, -0.2) is 0 Å². The van der Waals surface area contributed by atoms with E-state index in [1.807, 2.05) is 37.7 Å². The van der Waals surface area contributed by atoms with Crippen molar-refractivity contribution < 1.29 is 14.1 Å². The number of aromatic nitrogens is 3. The van der Waals surface area contributed by atoms with E-state index in [-0.39, 0.29) is 0 Å². The molecular weight excluding hydrogens is 230 g/mol. The summed E-state index contributed by atoms with van der Waals surface area (Å²) in [6, 6.07) is 3.94. The Balaban J connectivity index is 2.77. The lowest BCUT2D eigenvalue weighted by Crippen LogP contribution is -2.53. The van der Waals surface area contributed by atoms with E-state index in [0.717, 1.165) is 28.9 Å². The molecule has 96 valence electrons. The minimum absolute atomic E-state index is 0.624. The molecule has 0 saturated carbocycles. The first kappa shape index (κ1) is 12.3. The maximum absolute atomic E-state index is 6.07. The molecule has 0 fully saturated rings. The van der Waals surface area contributed by atoms with Gasteiger partial charge in [-0.05, 0) is 24.1 Å². The molecule has 0 amide bonds. The Bertz CT molecular complexity index is 597. The topological polar surface area (TPSA) is 67.9 Å². The van der Waals surface area contributed by atoms with Crippen LogP contribution < -0.4 is 25.3 Å². The second kappa shape index (κ2) is 4.64. The number of aryl methyl sites for hydroxylation is 2. The standard InChI is InChI=1S/C12H18N5O/c1-5-14-12-15-16(3)9-6-8(2)11(18-4)7-10(9)17(12)13/h6-7H,5,13H2,1-4H3/q+1/p+1. The van der Waals surface area contributed by atoms with Gasteiger partial charge in [0, 0.05) is 12.1 Å². The Morgan fingerprint density at radius 3 is 2.72 bits per heavy atom. The molecule has 0 aliphatic rings. The monoisotopic (exact) mass is 249 g/mol. The van der Waals surface area contributed by atoms with Crippen molar-refractivity contribution in [2.45, 2.75) is 13.8 Å². The van der Waals surface area contributed by atoms with Gasteiger partial charge in [-0.3, -0.25) is 11.2 Å². The summed E-state index contributed by atoms with van der Waals surface area (Å²) in [7, 11) is 3.55. The third-order valence-corrected chi connectivity index (χ3v) is 2.91. The number of ether oxygens (including phenoxy) is 1. The third kappa shape index (κ3) is 1.90. The van der Waals surface area contributed by atoms with Crippen molar-refractivity contribution in [3.05, 3.63) is 17.7 Å². The van der Waals surface area contributed by atoms with Gasteiger partial charge in [-0.15, -0.1) is 4.68 Å². The lowest BCUT2D eigenvalue weighted by Gasteiger charge is -2.06. The maximum atomic E-state index is 6.07. The summed E-state index contributed by atoms with van der Waals surface area (Å²) in [6.07, 6.45) is 0. The molecule has 0 aliphatic heterocycles. The predicted octanol–water partition coefficient (Wildman–Crippen LogP) is -0.191. The van der Waals surface area contributed by atoms with Gasteiger partial charge in [0.15, 0.2) is 12.1 Å². The molecular formula is C12H19N5O+2. The first-order valence-electron chi connectivity index (χ1n) is 5.88. The van der Waals surface area contributed by atoms with Crippen LogP contribution in [-0.4, -0.2) is 18.8 Å². The van der Waals surface area contributed by atoms with Crippen molar-refractivity contribution in [3.8, 4) is 5.75 Å². The molecule has 6 heteroatoms. The smallest absolute Gasteiger partial charge is 0.480 e. The number of nitrogen functional groups attached to an aromatic ring is 1. The zero-order chi connectivity index (χ0) is 13.3. The van der Waals surface area contributed by atoms with Crippen LogP contribution >= 0.6 is 0 Å². The molecule has 0 unspecified atom stereocenters. The van der Waals surface area contributed by atoms with Crippen LogP contribution in [0.5, 0.6) is 5.75 Å². The van der Waals surface area contributed by atoms with Crippen LogP contribution in [0, 0.1) is 6.92 Å². The number of hydrogen-bond donors (Lipinski definition) is 2. The average Bonchev–Trinajstić information content (AvgIpc) is 2.35. The fraction of sp³-hybridized carbons (Fsp3) is 0.417. The molecule has 0 atom stereocenters. The molecule has 0 bridgehead atoms. The van der Waals surface area contributed by atoms with Gasteiger partial charge in [0.05, 0.1) is 13.7 Å². The molecule has 1 aromatic heterocycles. The highest BCUT2D eigenvalue weighted by molar-refractivity contribution is 5.71. The Kier molecular flexibility index (Phi) is 3.18. The summed E-state index contributed by atoms with van der Waals surface area (Å²) < 4.78 is 8.68. The van der Waals surface area contributed by atoms with Crippen LogP contribution in [-0.2, 0) is 7.05 Å². The van der Waals surface area contributed by atoms with Crippen LogP contribution in [0.4, 0.5) is 5.95 Å². The van der Waals surface area contributed by atoms with E-state index < -0.39 is 0 Å². The maximum Gasteiger partial charge on any atom is 0.480 e.